The highest BCUT2D eigenvalue weighted by Gasteiger charge is 2.45. The number of ether oxygens (including phenoxy) is 2. The molecule has 0 unspecified atom stereocenters. The average Bonchev–Trinajstić information content (AvgIpc) is 3.43. The van der Waals surface area contributed by atoms with Crippen molar-refractivity contribution in [1.82, 2.24) is 4.98 Å². The molecule has 5 aromatic rings. The van der Waals surface area contributed by atoms with Crippen molar-refractivity contribution in [2.75, 3.05) is 18.6 Å². The summed E-state index contributed by atoms with van der Waals surface area (Å²) in [6.07, 6.45) is 0. The fraction of sp³-hybridized carbons (Fsp3) is 0.148. The first kappa shape index (κ1) is 21.4. The van der Waals surface area contributed by atoms with E-state index in [9.17, 15) is 9.59 Å². The number of carbonyl (C=O) groups is 1. The molecule has 1 atom stereocenters. The number of para-hydroxylation sites is 1. The van der Waals surface area contributed by atoms with Gasteiger partial charge < -0.3 is 13.9 Å². The van der Waals surface area contributed by atoms with Crippen molar-refractivity contribution in [3.05, 3.63) is 93.8 Å². The summed E-state index contributed by atoms with van der Waals surface area (Å²) in [4.78, 5) is 33.7. The van der Waals surface area contributed by atoms with Crippen LogP contribution in [0.2, 0.25) is 0 Å². The first-order valence-corrected chi connectivity index (χ1v) is 12.0. The summed E-state index contributed by atoms with van der Waals surface area (Å²) in [5, 5.41) is 0.916. The van der Waals surface area contributed by atoms with Crippen LogP contribution in [0.3, 0.4) is 0 Å². The van der Waals surface area contributed by atoms with E-state index in [1.165, 1.54) is 11.3 Å². The molecule has 2 aromatic heterocycles. The van der Waals surface area contributed by atoms with Crippen LogP contribution in [0.15, 0.2) is 75.9 Å². The van der Waals surface area contributed by atoms with E-state index in [2.05, 4.69) is 0 Å². The Bertz CT molecular complexity index is 1650. The molecule has 0 radical (unpaired) electrons. The second-order valence-corrected chi connectivity index (χ2v) is 9.09. The van der Waals surface area contributed by atoms with E-state index in [4.69, 9.17) is 18.9 Å². The van der Waals surface area contributed by atoms with Gasteiger partial charge in [-0.3, -0.25) is 14.5 Å². The second kappa shape index (κ2) is 8.25. The normalized spacial score (nSPS) is 15.1. The van der Waals surface area contributed by atoms with Crippen molar-refractivity contribution in [2.24, 2.45) is 0 Å². The number of carbonyl (C=O) groups excluding carboxylic acids is 1. The molecule has 174 valence electrons. The van der Waals surface area contributed by atoms with Gasteiger partial charge in [0.2, 0.25) is 5.76 Å². The van der Waals surface area contributed by atoms with Crippen LogP contribution in [-0.2, 0) is 0 Å². The lowest BCUT2D eigenvalue weighted by atomic mass is 9.98. The molecule has 0 saturated heterocycles. The van der Waals surface area contributed by atoms with Crippen molar-refractivity contribution in [3.63, 3.8) is 0 Å². The smallest absolute Gasteiger partial charge is 0.297 e. The number of thiazole rings is 1. The van der Waals surface area contributed by atoms with Gasteiger partial charge >= 0.3 is 0 Å². The van der Waals surface area contributed by atoms with Crippen LogP contribution in [0, 0.1) is 0 Å². The van der Waals surface area contributed by atoms with Gasteiger partial charge in [-0.1, -0.05) is 35.6 Å². The van der Waals surface area contributed by atoms with Crippen LogP contribution in [-0.4, -0.2) is 24.6 Å². The van der Waals surface area contributed by atoms with E-state index in [0.29, 0.717) is 34.0 Å². The number of hydrogen-bond acceptors (Lipinski definition) is 7. The Labute approximate surface area is 204 Å². The van der Waals surface area contributed by atoms with E-state index in [-0.39, 0.29) is 11.2 Å². The summed E-state index contributed by atoms with van der Waals surface area (Å²) >= 11 is 1.37. The number of nitrogens with zero attached hydrogens (tertiary/aromatic N) is 2. The number of fused-ring (bicyclic) bond motifs is 3. The van der Waals surface area contributed by atoms with Crippen molar-refractivity contribution in [3.8, 4) is 11.5 Å². The summed E-state index contributed by atoms with van der Waals surface area (Å²) in [5.41, 5.74) is 1.97. The molecule has 0 bridgehead atoms. The lowest BCUT2D eigenvalue weighted by Gasteiger charge is -2.22. The zero-order chi connectivity index (χ0) is 24.1. The highest BCUT2D eigenvalue weighted by atomic mass is 32.1. The third-order valence-corrected chi connectivity index (χ3v) is 7.09. The number of rotatable bonds is 5. The number of methoxy groups -OCH3 is 1. The Morgan fingerprint density at radius 2 is 1.80 bits per heavy atom. The summed E-state index contributed by atoms with van der Waals surface area (Å²) in [7, 11) is 1.59. The van der Waals surface area contributed by atoms with Crippen LogP contribution >= 0.6 is 11.3 Å². The molecule has 3 heterocycles. The van der Waals surface area contributed by atoms with Gasteiger partial charge in [0.15, 0.2) is 10.6 Å². The molecule has 7 nitrogen and oxygen atoms in total. The predicted octanol–water partition coefficient (Wildman–Crippen LogP) is 5.56. The molecule has 1 aliphatic rings. The zero-order valence-electron chi connectivity index (χ0n) is 19.0. The Morgan fingerprint density at radius 1 is 1.03 bits per heavy atom. The molecule has 8 heteroatoms. The molecule has 0 aliphatic carbocycles. The minimum atomic E-state index is -0.684. The van der Waals surface area contributed by atoms with Crippen molar-refractivity contribution < 1.29 is 18.7 Å². The maximum absolute atomic E-state index is 13.8. The van der Waals surface area contributed by atoms with Gasteiger partial charge in [0, 0.05) is 0 Å². The largest absolute Gasteiger partial charge is 0.497 e. The first-order chi connectivity index (χ1) is 17.1. The van der Waals surface area contributed by atoms with Gasteiger partial charge in [0.05, 0.1) is 40.9 Å². The quantitative estimate of drug-likeness (QED) is 0.325. The van der Waals surface area contributed by atoms with Crippen molar-refractivity contribution in [1.29, 1.82) is 0 Å². The van der Waals surface area contributed by atoms with E-state index in [1.54, 1.807) is 36.3 Å². The van der Waals surface area contributed by atoms with Gasteiger partial charge in [-0.15, -0.1) is 0 Å². The number of aromatic nitrogens is 1. The zero-order valence-corrected chi connectivity index (χ0v) is 19.8. The van der Waals surface area contributed by atoms with Crippen LogP contribution in [0.1, 0.15) is 34.6 Å². The Hall–Kier alpha value is -4.17. The fourth-order valence-corrected chi connectivity index (χ4v) is 5.49. The monoisotopic (exact) mass is 484 g/mol. The third kappa shape index (κ3) is 3.37. The lowest BCUT2D eigenvalue weighted by molar-refractivity contribution is 0.0971. The van der Waals surface area contributed by atoms with Crippen molar-refractivity contribution in [2.45, 2.75) is 13.0 Å². The second-order valence-electron chi connectivity index (χ2n) is 8.08. The number of amides is 1. The highest BCUT2D eigenvalue weighted by Crippen LogP contribution is 2.44. The topological polar surface area (TPSA) is 81.9 Å². The Balaban J connectivity index is 1.57. The molecular weight excluding hydrogens is 464 g/mol. The lowest BCUT2D eigenvalue weighted by Crippen LogP contribution is -2.29. The van der Waals surface area contributed by atoms with Gasteiger partial charge in [-0.05, 0) is 55.0 Å². The first-order valence-electron chi connectivity index (χ1n) is 11.2. The molecule has 0 fully saturated rings. The molecule has 0 saturated carbocycles. The summed E-state index contributed by atoms with van der Waals surface area (Å²) < 4.78 is 17.8. The molecule has 6 rings (SSSR count). The number of hydrogen-bond donors (Lipinski definition) is 0. The molecule has 3 aromatic carbocycles. The fourth-order valence-electron chi connectivity index (χ4n) is 4.47. The summed E-state index contributed by atoms with van der Waals surface area (Å²) in [5.74, 6) is 1.07. The van der Waals surface area contributed by atoms with E-state index in [1.807, 2.05) is 49.4 Å². The summed E-state index contributed by atoms with van der Waals surface area (Å²) in [6, 6.07) is 19.3. The number of anilines is 1. The average molecular weight is 485 g/mol. The van der Waals surface area contributed by atoms with Crippen LogP contribution in [0.4, 0.5) is 5.13 Å². The summed E-state index contributed by atoms with van der Waals surface area (Å²) in [6.45, 7) is 2.48. The number of benzene rings is 3. The standard InChI is InChI=1S/C27H20N2O5S/c1-3-33-17-12-13-19-21(14-17)35-27(28-19)29-23(15-8-10-16(32-2)11-9-15)22-24(30)18-6-4-5-7-20(18)34-25(22)26(29)31/h4-14,23H,3H2,1-2H3/t23-/m0/s1. The Morgan fingerprint density at radius 3 is 2.57 bits per heavy atom. The highest BCUT2D eigenvalue weighted by molar-refractivity contribution is 7.22. The van der Waals surface area contributed by atoms with E-state index in [0.717, 1.165) is 21.5 Å². The van der Waals surface area contributed by atoms with Crippen LogP contribution in [0.25, 0.3) is 21.2 Å². The molecule has 1 aliphatic heterocycles. The maximum Gasteiger partial charge on any atom is 0.297 e. The van der Waals surface area contributed by atoms with Crippen LogP contribution < -0.4 is 19.8 Å². The minimum Gasteiger partial charge on any atom is -0.497 e. The third-order valence-electron chi connectivity index (χ3n) is 6.07. The minimum absolute atomic E-state index is 0.0452. The van der Waals surface area contributed by atoms with E-state index < -0.39 is 11.9 Å². The Kier molecular flexibility index (Phi) is 5.04. The van der Waals surface area contributed by atoms with Gasteiger partial charge in [0.25, 0.3) is 5.91 Å². The van der Waals surface area contributed by atoms with E-state index >= 15 is 0 Å². The molecular formula is C27H20N2O5S. The van der Waals surface area contributed by atoms with Crippen molar-refractivity contribution >= 4 is 43.6 Å². The molecule has 35 heavy (non-hydrogen) atoms. The molecule has 0 N–H and O–H groups in total. The van der Waals surface area contributed by atoms with Crippen LogP contribution in [0.5, 0.6) is 11.5 Å². The maximum atomic E-state index is 13.8. The molecule has 1 amide bonds. The van der Waals surface area contributed by atoms with Gasteiger partial charge in [-0.25, -0.2) is 4.98 Å². The van der Waals surface area contributed by atoms with Gasteiger partial charge in [-0.2, -0.15) is 0 Å². The predicted molar refractivity (Wildman–Crippen MR) is 135 cm³/mol. The van der Waals surface area contributed by atoms with Gasteiger partial charge in [0.1, 0.15) is 17.1 Å². The SMILES string of the molecule is CCOc1ccc2nc(N3C(=O)c4oc5ccccc5c(=O)c4[C@@H]3c3ccc(OC)cc3)sc2c1. The molecule has 0 spiro atoms.